The maximum absolute atomic E-state index is 12.6. The zero-order chi connectivity index (χ0) is 20.2. The fraction of sp³-hybridized carbons (Fsp3) is 0.500. The first-order valence-corrected chi connectivity index (χ1v) is 11.0. The molecule has 0 bridgehead atoms. The summed E-state index contributed by atoms with van der Waals surface area (Å²) in [6.45, 7) is 6.53. The Hall–Kier alpha value is -2.39. The van der Waals surface area contributed by atoms with E-state index in [4.69, 9.17) is 4.74 Å². The van der Waals surface area contributed by atoms with Crippen molar-refractivity contribution in [2.45, 2.75) is 31.5 Å². The molecule has 0 N–H and O–H groups in total. The van der Waals surface area contributed by atoms with Crippen LogP contribution in [-0.2, 0) is 16.1 Å². The summed E-state index contributed by atoms with van der Waals surface area (Å²) in [6, 6.07) is 7.31. The molecule has 29 heavy (non-hydrogen) atoms. The molecule has 1 amide bonds. The van der Waals surface area contributed by atoms with Gasteiger partial charge in [0.25, 0.3) is 0 Å². The molecule has 0 spiro atoms. The van der Waals surface area contributed by atoms with Crippen LogP contribution in [0.3, 0.4) is 0 Å². The molecule has 0 radical (unpaired) electrons. The molecule has 0 unspecified atom stereocenters. The van der Waals surface area contributed by atoms with Gasteiger partial charge in [0, 0.05) is 43.9 Å². The predicted octanol–water partition coefficient (Wildman–Crippen LogP) is 2.24. The minimum absolute atomic E-state index is 0.0351. The monoisotopic (exact) mass is 415 g/mol. The number of thioether (sulfide) groups is 1. The summed E-state index contributed by atoms with van der Waals surface area (Å²) >= 11 is 1.41. The molecular weight excluding hydrogens is 390 g/mol. The van der Waals surface area contributed by atoms with E-state index in [1.165, 1.54) is 11.8 Å². The number of Topliss-reactive ketones (excluding diaryl/α,β-unsaturated/α-hetero) is 1. The van der Waals surface area contributed by atoms with Crippen molar-refractivity contribution < 1.29 is 14.3 Å². The van der Waals surface area contributed by atoms with E-state index in [9.17, 15) is 9.59 Å². The SMILES string of the molecule is CCn1c(SCC(=O)c2ccc(N3CCCC3=O)cc2)nnc1N1CCOCC1. The molecule has 1 aromatic carbocycles. The van der Waals surface area contributed by atoms with Gasteiger partial charge in [-0.25, -0.2) is 0 Å². The molecule has 154 valence electrons. The number of morpholine rings is 1. The summed E-state index contributed by atoms with van der Waals surface area (Å²) in [5.74, 6) is 1.32. The van der Waals surface area contributed by atoms with Gasteiger partial charge in [-0.15, -0.1) is 10.2 Å². The largest absolute Gasteiger partial charge is 0.378 e. The van der Waals surface area contributed by atoms with Crippen LogP contribution in [0.2, 0.25) is 0 Å². The Morgan fingerprint density at radius 1 is 1.14 bits per heavy atom. The van der Waals surface area contributed by atoms with Gasteiger partial charge in [-0.1, -0.05) is 11.8 Å². The van der Waals surface area contributed by atoms with Gasteiger partial charge >= 0.3 is 0 Å². The lowest BCUT2D eigenvalue weighted by molar-refractivity contribution is -0.117. The van der Waals surface area contributed by atoms with Gasteiger partial charge in [0.2, 0.25) is 11.9 Å². The maximum Gasteiger partial charge on any atom is 0.228 e. The van der Waals surface area contributed by atoms with Gasteiger partial charge in [0.15, 0.2) is 10.9 Å². The lowest BCUT2D eigenvalue weighted by atomic mass is 10.1. The van der Waals surface area contributed by atoms with Crippen molar-refractivity contribution in [1.82, 2.24) is 14.8 Å². The second-order valence-corrected chi connectivity index (χ2v) is 7.98. The van der Waals surface area contributed by atoms with E-state index in [1.807, 2.05) is 16.7 Å². The van der Waals surface area contributed by atoms with E-state index >= 15 is 0 Å². The quantitative estimate of drug-likeness (QED) is 0.507. The fourth-order valence-corrected chi connectivity index (χ4v) is 4.52. The number of aromatic nitrogens is 3. The molecule has 2 aromatic rings. The number of carbonyl (C=O) groups excluding carboxylic acids is 2. The van der Waals surface area contributed by atoms with Gasteiger partial charge in [-0.2, -0.15) is 0 Å². The van der Waals surface area contributed by atoms with Crippen LogP contribution in [0.5, 0.6) is 0 Å². The van der Waals surface area contributed by atoms with Crippen molar-refractivity contribution in [3.05, 3.63) is 29.8 Å². The summed E-state index contributed by atoms with van der Waals surface area (Å²) in [5, 5.41) is 9.39. The van der Waals surface area contributed by atoms with Crippen molar-refractivity contribution in [3.8, 4) is 0 Å². The Kier molecular flexibility index (Phi) is 6.15. The molecule has 2 aliphatic heterocycles. The molecule has 0 aliphatic carbocycles. The number of nitrogens with zero attached hydrogens (tertiary/aromatic N) is 5. The molecule has 0 saturated carbocycles. The Labute approximate surface area is 174 Å². The summed E-state index contributed by atoms with van der Waals surface area (Å²) in [5.41, 5.74) is 1.50. The van der Waals surface area contributed by atoms with Crippen LogP contribution in [0.1, 0.15) is 30.1 Å². The van der Waals surface area contributed by atoms with Gasteiger partial charge < -0.3 is 14.5 Å². The third-order valence-corrected chi connectivity index (χ3v) is 6.18. The number of ketones is 1. The first kappa shape index (κ1) is 19.9. The molecule has 8 nitrogen and oxygen atoms in total. The summed E-state index contributed by atoms with van der Waals surface area (Å²) < 4.78 is 7.45. The van der Waals surface area contributed by atoms with E-state index < -0.39 is 0 Å². The van der Waals surface area contributed by atoms with Crippen LogP contribution in [0.15, 0.2) is 29.4 Å². The van der Waals surface area contributed by atoms with Crippen molar-refractivity contribution in [2.75, 3.05) is 48.4 Å². The highest BCUT2D eigenvalue weighted by Gasteiger charge is 2.22. The standard InChI is InChI=1S/C20H25N5O3S/c1-2-24-19(23-10-12-28-13-11-23)21-22-20(24)29-14-17(26)15-5-7-16(8-6-15)25-9-3-4-18(25)27/h5-8H,2-4,9-14H2,1H3. The van der Waals surface area contributed by atoms with Crippen LogP contribution in [0.4, 0.5) is 11.6 Å². The van der Waals surface area contributed by atoms with Gasteiger partial charge in [-0.3, -0.25) is 14.2 Å². The summed E-state index contributed by atoms with van der Waals surface area (Å²) in [6.07, 6.45) is 1.49. The number of hydrogen-bond acceptors (Lipinski definition) is 7. The second kappa shape index (κ2) is 8.96. The lowest BCUT2D eigenvalue weighted by Gasteiger charge is -2.27. The number of hydrogen-bond donors (Lipinski definition) is 0. The molecule has 4 rings (SSSR count). The predicted molar refractivity (Wildman–Crippen MR) is 112 cm³/mol. The maximum atomic E-state index is 12.6. The molecule has 2 fully saturated rings. The summed E-state index contributed by atoms with van der Waals surface area (Å²) in [4.78, 5) is 28.4. The van der Waals surface area contributed by atoms with Crippen LogP contribution in [-0.4, -0.2) is 65.1 Å². The minimum atomic E-state index is 0.0351. The highest BCUT2D eigenvalue weighted by molar-refractivity contribution is 7.99. The molecule has 3 heterocycles. The van der Waals surface area contributed by atoms with Crippen LogP contribution in [0.25, 0.3) is 0 Å². The third kappa shape index (κ3) is 4.30. The van der Waals surface area contributed by atoms with Crippen LogP contribution < -0.4 is 9.80 Å². The molecule has 1 aromatic heterocycles. The third-order valence-electron chi connectivity index (χ3n) is 5.21. The Morgan fingerprint density at radius 3 is 2.55 bits per heavy atom. The molecule has 2 aliphatic rings. The zero-order valence-electron chi connectivity index (χ0n) is 16.5. The first-order chi connectivity index (χ1) is 14.2. The zero-order valence-corrected chi connectivity index (χ0v) is 17.4. The second-order valence-electron chi connectivity index (χ2n) is 7.03. The molecule has 0 atom stereocenters. The smallest absolute Gasteiger partial charge is 0.228 e. The Bertz CT molecular complexity index is 877. The van der Waals surface area contributed by atoms with Crippen LogP contribution in [0, 0.1) is 0 Å². The van der Waals surface area contributed by atoms with E-state index in [1.54, 1.807) is 17.0 Å². The van der Waals surface area contributed by atoms with Crippen molar-refractivity contribution in [1.29, 1.82) is 0 Å². The number of benzene rings is 1. The molecule has 2 saturated heterocycles. The summed E-state index contributed by atoms with van der Waals surface area (Å²) in [7, 11) is 0. The minimum Gasteiger partial charge on any atom is -0.378 e. The van der Waals surface area contributed by atoms with Gasteiger partial charge in [-0.05, 0) is 37.6 Å². The number of rotatable bonds is 7. The van der Waals surface area contributed by atoms with Crippen molar-refractivity contribution >= 4 is 35.1 Å². The number of ether oxygens (including phenoxy) is 1. The number of anilines is 2. The van der Waals surface area contributed by atoms with E-state index in [0.29, 0.717) is 31.0 Å². The van der Waals surface area contributed by atoms with E-state index in [2.05, 4.69) is 22.0 Å². The van der Waals surface area contributed by atoms with Gasteiger partial charge in [0.1, 0.15) is 0 Å². The Morgan fingerprint density at radius 2 is 1.90 bits per heavy atom. The van der Waals surface area contributed by atoms with E-state index in [-0.39, 0.29) is 11.7 Å². The van der Waals surface area contributed by atoms with Crippen molar-refractivity contribution in [3.63, 3.8) is 0 Å². The van der Waals surface area contributed by atoms with Crippen LogP contribution >= 0.6 is 11.8 Å². The fourth-order valence-electron chi connectivity index (χ4n) is 3.62. The Balaban J connectivity index is 1.39. The average Bonchev–Trinajstić information content (AvgIpc) is 3.38. The highest BCUT2D eigenvalue weighted by atomic mass is 32.2. The van der Waals surface area contributed by atoms with Crippen molar-refractivity contribution in [2.24, 2.45) is 0 Å². The lowest BCUT2D eigenvalue weighted by Crippen LogP contribution is -2.38. The number of carbonyl (C=O) groups is 2. The number of amides is 1. The van der Waals surface area contributed by atoms with Gasteiger partial charge in [0.05, 0.1) is 19.0 Å². The molecular formula is C20H25N5O3S. The highest BCUT2D eigenvalue weighted by Crippen LogP contribution is 2.25. The average molecular weight is 416 g/mol. The topological polar surface area (TPSA) is 80.6 Å². The van der Waals surface area contributed by atoms with E-state index in [0.717, 1.165) is 49.4 Å². The normalized spacial score (nSPS) is 17.2. The first-order valence-electron chi connectivity index (χ1n) is 9.99. The molecule has 9 heteroatoms.